The van der Waals surface area contributed by atoms with Gasteiger partial charge in [-0.05, 0) is 19.1 Å². The molecular weight excluding hydrogens is 232 g/mol. The van der Waals surface area contributed by atoms with E-state index < -0.39 is 0 Å². The van der Waals surface area contributed by atoms with Gasteiger partial charge in [0.25, 0.3) is 0 Å². The van der Waals surface area contributed by atoms with Gasteiger partial charge in [0, 0.05) is 26.2 Å². The van der Waals surface area contributed by atoms with Crippen LogP contribution in [0.5, 0.6) is 0 Å². The molecule has 2 heterocycles. The summed E-state index contributed by atoms with van der Waals surface area (Å²) in [6.07, 6.45) is 1.53. The Balaban J connectivity index is 1.90. The zero-order chi connectivity index (χ0) is 13.0. The van der Waals surface area contributed by atoms with E-state index >= 15 is 0 Å². The van der Waals surface area contributed by atoms with Gasteiger partial charge in [0.1, 0.15) is 5.82 Å². The predicted molar refractivity (Wildman–Crippen MR) is 69.5 cm³/mol. The first-order valence-corrected chi connectivity index (χ1v) is 6.09. The molecule has 18 heavy (non-hydrogen) atoms. The summed E-state index contributed by atoms with van der Waals surface area (Å²) in [5.74, 6) is 0.518. The summed E-state index contributed by atoms with van der Waals surface area (Å²) >= 11 is 0. The number of rotatable bonds is 2. The smallest absolute Gasteiger partial charge is 0.409 e. The van der Waals surface area contributed by atoms with Crippen LogP contribution in [0.3, 0.4) is 0 Å². The van der Waals surface area contributed by atoms with Crippen LogP contribution in [0.1, 0.15) is 6.92 Å². The maximum atomic E-state index is 11.5. The third kappa shape index (κ3) is 2.82. The third-order valence-electron chi connectivity index (χ3n) is 2.94. The normalized spacial score (nSPS) is 15.6. The van der Waals surface area contributed by atoms with E-state index in [4.69, 9.17) is 10.5 Å². The Bertz CT molecular complexity index is 399. The molecule has 98 valence electrons. The molecule has 0 atom stereocenters. The van der Waals surface area contributed by atoms with Gasteiger partial charge < -0.3 is 20.3 Å². The average Bonchev–Trinajstić information content (AvgIpc) is 2.40. The van der Waals surface area contributed by atoms with Crippen molar-refractivity contribution in [2.75, 3.05) is 43.4 Å². The third-order valence-corrected chi connectivity index (χ3v) is 2.94. The van der Waals surface area contributed by atoms with Gasteiger partial charge in [0.05, 0.1) is 18.5 Å². The lowest BCUT2D eigenvalue weighted by Gasteiger charge is -2.35. The summed E-state index contributed by atoms with van der Waals surface area (Å²) in [5, 5.41) is 0. The fourth-order valence-corrected chi connectivity index (χ4v) is 1.95. The van der Waals surface area contributed by atoms with Gasteiger partial charge in [-0.3, -0.25) is 0 Å². The fraction of sp³-hybridized carbons (Fsp3) is 0.500. The first-order chi connectivity index (χ1) is 8.70. The second-order valence-electron chi connectivity index (χ2n) is 4.11. The number of ether oxygens (including phenoxy) is 1. The van der Waals surface area contributed by atoms with Crippen molar-refractivity contribution in [1.82, 2.24) is 9.88 Å². The van der Waals surface area contributed by atoms with Crippen LogP contribution in [-0.2, 0) is 4.74 Å². The van der Waals surface area contributed by atoms with Gasteiger partial charge in [-0.25, -0.2) is 9.78 Å². The first kappa shape index (κ1) is 12.5. The van der Waals surface area contributed by atoms with Crippen molar-refractivity contribution in [2.24, 2.45) is 0 Å². The molecule has 1 aliphatic rings. The van der Waals surface area contributed by atoms with E-state index in [1.807, 2.05) is 13.0 Å². The molecule has 0 aromatic carbocycles. The van der Waals surface area contributed by atoms with Crippen LogP contribution in [0.4, 0.5) is 16.3 Å². The van der Waals surface area contributed by atoms with Crippen LogP contribution in [0.25, 0.3) is 0 Å². The molecule has 1 fully saturated rings. The number of carbonyl (C=O) groups is 1. The zero-order valence-corrected chi connectivity index (χ0v) is 10.5. The number of nitrogens with zero attached hydrogens (tertiary/aromatic N) is 3. The number of anilines is 2. The number of pyridine rings is 1. The highest BCUT2D eigenvalue weighted by atomic mass is 16.6. The Kier molecular flexibility index (Phi) is 3.86. The second kappa shape index (κ2) is 5.57. The lowest BCUT2D eigenvalue weighted by Crippen LogP contribution is -2.49. The number of nitrogen functional groups attached to an aromatic ring is 1. The number of piperazine rings is 1. The number of hydrogen-bond donors (Lipinski definition) is 1. The first-order valence-electron chi connectivity index (χ1n) is 6.09. The molecule has 1 aliphatic heterocycles. The zero-order valence-electron chi connectivity index (χ0n) is 10.5. The maximum absolute atomic E-state index is 11.5. The molecule has 0 spiro atoms. The van der Waals surface area contributed by atoms with E-state index in [2.05, 4.69) is 9.88 Å². The molecule has 1 amide bonds. The second-order valence-corrected chi connectivity index (χ2v) is 4.11. The molecule has 0 aliphatic carbocycles. The lowest BCUT2D eigenvalue weighted by molar-refractivity contribution is 0.105. The topological polar surface area (TPSA) is 71.7 Å². The molecule has 1 saturated heterocycles. The summed E-state index contributed by atoms with van der Waals surface area (Å²) in [4.78, 5) is 19.5. The van der Waals surface area contributed by atoms with Gasteiger partial charge >= 0.3 is 6.09 Å². The van der Waals surface area contributed by atoms with Gasteiger partial charge in [-0.2, -0.15) is 0 Å². The summed E-state index contributed by atoms with van der Waals surface area (Å²) in [6, 6.07) is 3.73. The number of amides is 1. The van der Waals surface area contributed by atoms with Crippen LogP contribution in [0.15, 0.2) is 18.3 Å². The highest BCUT2D eigenvalue weighted by molar-refractivity contribution is 5.68. The Morgan fingerprint density at radius 1 is 1.39 bits per heavy atom. The van der Waals surface area contributed by atoms with Crippen LogP contribution in [0, 0.1) is 0 Å². The van der Waals surface area contributed by atoms with E-state index in [1.54, 1.807) is 17.2 Å². The monoisotopic (exact) mass is 250 g/mol. The van der Waals surface area contributed by atoms with Crippen LogP contribution in [0.2, 0.25) is 0 Å². The molecule has 1 aromatic heterocycles. The predicted octanol–water partition coefficient (Wildman–Crippen LogP) is 0.942. The van der Waals surface area contributed by atoms with E-state index in [-0.39, 0.29) is 6.09 Å². The van der Waals surface area contributed by atoms with Crippen LogP contribution < -0.4 is 10.6 Å². The number of carbonyl (C=O) groups excluding carboxylic acids is 1. The van der Waals surface area contributed by atoms with Crippen molar-refractivity contribution in [3.63, 3.8) is 0 Å². The largest absolute Gasteiger partial charge is 0.450 e. The summed E-state index contributed by atoms with van der Waals surface area (Å²) in [7, 11) is 0. The Morgan fingerprint density at radius 2 is 2.11 bits per heavy atom. The van der Waals surface area contributed by atoms with Crippen molar-refractivity contribution in [2.45, 2.75) is 6.92 Å². The highest BCUT2D eigenvalue weighted by Gasteiger charge is 2.21. The molecule has 2 N–H and O–H groups in total. The van der Waals surface area contributed by atoms with Crippen LogP contribution in [-0.4, -0.2) is 48.8 Å². The minimum Gasteiger partial charge on any atom is -0.450 e. The van der Waals surface area contributed by atoms with Crippen molar-refractivity contribution in [3.8, 4) is 0 Å². The molecule has 0 saturated carbocycles. The highest BCUT2D eigenvalue weighted by Crippen LogP contribution is 2.16. The Hall–Kier alpha value is -1.98. The van der Waals surface area contributed by atoms with Gasteiger partial charge in [-0.15, -0.1) is 0 Å². The standard InChI is InChI=1S/C12H18N4O2/c1-2-18-12(17)16-7-5-15(6-8-16)10-3-4-11(13)14-9-10/h3-4,9H,2,5-8H2,1H3,(H2,13,14). The van der Waals surface area contributed by atoms with E-state index in [1.165, 1.54) is 0 Å². The van der Waals surface area contributed by atoms with E-state index in [0.29, 0.717) is 25.5 Å². The summed E-state index contributed by atoms with van der Waals surface area (Å²) in [6.45, 7) is 5.14. The van der Waals surface area contributed by atoms with Gasteiger partial charge in [-0.1, -0.05) is 0 Å². The minimum atomic E-state index is -0.229. The Morgan fingerprint density at radius 3 is 2.67 bits per heavy atom. The molecular formula is C12H18N4O2. The van der Waals surface area contributed by atoms with Gasteiger partial charge in [0.15, 0.2) is 0 Å². The van der Waals surface area contributed by atoms with E-state index in [0.717, 1.165) is 18.8 Å². The van der Waals surface area contributed by atoms with Crippen molar-refractivity contribution in [1.29, 1.82) is 0 Å². The average molecular weight is 250 g/mol. The number of nitrogens with two attached hydrogens (primary N) is 1. The fourth-order valence-electron chi connectivity index (χ4n) is 1.95. The molecule has 0 radical (unpaired) electrons. The minimum absolute atomic E-state index is 0.229. The number of hydrogen-bond acceptors (Lipinski definition) is 5. The van der Waals surface area contributed by atoms with Crippen molar-refractivity contribution in [3.05, 3.63) is 18.3 Å². The SMILES string of the molecule is CCOC(=O)N1CCN(c2ccc(N)nc2)CC1. The van der Waals surface area contributed by atoms with Gasteiger partial charge in [0.2, 0.25) is 0 Å². The summed E-state index contributed by atoms with van der Waals surface area (Å²) in [5.41, 5.74) is 6.59. The Labute approximate surface area is 106 Å². The van der Waals surface area contributed by atoms with Crippen molar-refractivity contribution < 1.29 is 9.53 Å². The molecule has 6 heteroatoms. The number of aromatic nitrogens is 1. The summed E-state index contributed by atoms with van der Waals surface area (Å²) < 4.78 is 4.98. The van der Waals surface area contributed by atoms with Crippen molar-refractivity contribution >= 4 is 17.6 Å². The van der Waals surface area contributed by atoms with Crippen LogP contribution >= 0.6 is 0 Å². The molecule has 2 rings (SSSR count). The molecule has 6 nitrogen and oxygen atoms in total. The molecule has 0 bridgehead atoms. The quantitative estimate of drug-likeness (QED) is 0.845. The molecule has 1 aromatic rings. The molecule has 0 unspecified atom stereocenters. The maximum Gasteiger partial charge on any atom is 0.409 e. The van der Waals surface area contributed by atoms with E-state index in [9.17, 15) is 4.79 Å². The lowest BCUT2D eigenvalue weighted by atomic mass is 10.3.